The lowest BCUT2D eigenvalue weighted by atomic mass is 10.3. The maximum atomic E-state index is 12.1. The van der Waals surface area contributed by atoms with E-state index in [0.717, 1.165) is 5.69 Å². The largest absolute Gasteiger partial charge is 0.495 e. The summed E-state index contributed by atoms with van der Waals surface area (Å²) in [6, 6.07) is 10.0. The van der Waals surface area contributed by atoms with Crippen LogP contribution in [0.25, 0.3) is 11.5 Å². The average molecular weight is 389 g/mol. The summed E-state index contributed by atoms with van der Waals surface area (Å²) >= 11 is 5.91. The summed E-state index contributed by atoms with van der Waals surface area (Å²) in [5.41, 5.74) is 1.11. The second-order valence-electron chi connectivity index (χ2n) is 5.59. The monoisotopic (exact) mass is 388 g/mol. The van der Waals surface area contributed by atoms with Crippen molar-refractivity contribution >= 4 is 29.1 Å². The maximum Gasteiger partial charge on any atom is 0.313 e. The number of halogens is 1. The van der Waals surface area contributed by atoms with E-state index in [1.165, 1.54) is 13.2 Å². The molecular formula is C18H17ClN4O4. The summed E-state index contributed by atoms with van der Waals surface area (Å²) in [5, 5.41) is 9.46. The van der Waals surface area contributed by atoms with Crippen LogP contribution in [0.2, 0.25) is 5.02 Å². The van der Waals surface area contributed by atoms with Gasteiger partial charge in [-0.05, 0) is 36.4 Å². The Kier molecular flexibility index (Phi) is 5.46. The number of furan rings is 1. The molecule has 0 aliphatic heterocycles. The number of hydrogen-bond donors (Lipinski definition) is 2. The highest BCUT2D eigenvalue weighted by Gasteiger charge is 2.17. The zero-order valence-corrected chi connectivity index (χ0v) is 15.4. The highest BCUT2D eigenvalue weighted by Crippen LogP contribution is 2.27. The topological polar surface area (TPSA) is 98.4 Å². The minimum Gasteiger partial charge on any atom is -0.495 e. The highest BCUT2D eigenvalue weighted by atomic mass is 35.5. The molecule has 3 aromatic rings. The van der Waals surface area contributed by atoms with E-state index in [2.05, 4.69) is 15.7 Å². The molecule has 3 rings (SSSR count). The van der Waals surface area contributed by atoms with Gasteiger partial charge in [0.25, 0.3) is 0 Å². The number of ether oxygens (including phenoxy) is 1. The number of aromatic nitrogens is 2. The summed E-state index contributed by atoms with van der Waals surface area (Å²) in [6.45, 7) is 0.0663. The first-order valence-corrected chi connectivity index (χ1v) is 8.35. The third kappa shape index (κ3) is 4.29. The Morgan fingerprint density at radius 1 is 1.22 bits per heavy atom. The Bertz CT molecular complexity index is 979. The number of hydrogen-bond acceptors (Lipinski definition) is 5. The molecule has 0 saturated carbocycles. The summed E-state index contributed by atoms with van der Waals surface area (Å²) < 4.78 is 12.5. The molecule has 1 aromatic carbocycles. The minimum atomic E-state index is -0.839. The van der Waals surface area contributed by atoms with Gasteiger partial charge in [-0.15, -0.1) is 0 Å². The van der Waals surface area contributed by atoms with Crippen LogP contribution in [0.3, 0.4) is 0 Å². The lowest BCUT2D eigenvalue weighted by molar-refractivity contribution is -0.136. The Morgan fingerprint density at radius 3 is 2.74 bits per heavy atom. The first kappa shape index (κ1) is 18.5. The third-order valence-electron chi connectivity index (χ3n) is 3.77. The predicted octanol–water partition coefficient (Wildman–Crippen LogP) is 2.60. The van der Waals surface area contributed by atoms with Crippen molar-refractivity contribution < 1.29 is 18.7 Å². The average Bonchev–Trinajstić information content (AvgIpc) is 3.28. The van der Waals surface area contributed by atoms with Crippen LogP contribution in [0.5, 0.6) is 5.75 Å². The first-order valence-electron chi connectivity index (χ1n) is 7.97. The Hall–Kier alpha value is -3.26. The molecule has 0 fully saturated rings. The highest BCUT2D eigenvalue weighted by molar-refractivity contribution is 6.40. The molecular weight excluding hydrogens is 372 g/mol. The van der Waals surface area contributed by atoms with Gasteiger partial charge in [0, 0.05) is 18.3 Å². The molecule has 0 radical (unpaired) electrons. The molecule has 140 valence electrons. The molecule has 0 spiro atoms. The molecule has 2 heterocycles. The van der Waals surface area contributed by atoms with Crippen LogP contribution in [0.15, 0.2) is 47.0 Å². The molecule has 9 heteroatoms. The lowest BCUT2D eigenvalue weighted by Gasteiger charge is -2.10. The summed E-state index contributed by atoms with van der Waals surface area (Å²) in [5.74, 6) is -0.128. The van der Waals surface area contributed by atoms with Crippen LogP contribution in [0.1, 0.15) is 5.76 Å². The van der Waals surface area contributed by atoms with Crippen molar-refractivity contribution in [3.63, 3.8) is 0 Å². The molecule has 2 aromatic heterocycles. The van der Waals surface area contributed by atoms with Crippen LogP contribution >= 0.6 is 11.6 Å². The van der Waals surface area contributed by atoms with Crippen LogP contribution in [-0.4, -0.2) is 28.7 Å². The number of rotatable bonds is 5. The third-order valence-corrected chi connectivity index (χ3v) is 4.01. The van der Waals surface area contributed by atoms with Gasteiger partial charge in [0.2, 0.25) is 0 Å². The number of aryl methyl sites for hydroxylation is 1. The molecule has 8 nitrogen and oxygen atoms in total. The Labute approximate surface area is 160 Å². The van der Waals surface area contributed by atoms with Gasteiger partial charge < -0.3 is 19.8 Å². The molecule has 0 aliphatic rings. The van der Waals surface area contributed by atoms with E-state index in [0.29, 0.717) is 28.0 Å². The van der Waals surface area contributed by atoms with Gasteiger partial charge in [-0.25, -0.2) is 0 Å². The normalized spacial score (nSPS) is 10.5. The van der Waals surface area contributed by atoms with Crippen molar-refractivity contribution in [3.8, 4) is 17.2 Å². The number of nitrogens with one attached hydrogen (secondary N) is 2. The Balaban J connectivity index is 1.60. The molecule has 2 amide bonds. The molecule has 2 N–H and O–H groups in total. The maximum absolute atomic E-state index is 12.1. The fraction of sp³-hybridized carbons (Fsp3) is 0.167. The quantitative estimate of drug-likeness (QED) is 0.654. The molecule has 0 bridgehead atoms. The van der Waals surface area contributed by atoms with Crippen molar-refractivity contribution in [2.75, 3.05) is 12.4 Å². The minimum absolute atomic E-state index is 0.0663. The standard InChI is InChI=1S/C18H17ClN4O4/c1-23-14(7-8-21-23)16-6-4-12(27-16)10-20-17(24)18(25)22-13-9-11(19)3-5-15(13)26-2/h3-9H,10H2,1-2H3,(H,20,24)(H,22,25). The van der Waals surface area contributed by atoms with E-state index in [1.807, 2.05) is 6.07 Å². The summed E-state index contributed by atoms with van der Waals surface area (Å²) in [6.07, 6.45) is 1.66. The van der Waals surface area contributed by atoms with E-state index >= 15 is 0 Å². The van der Waals surface area contributed by atoms with Gasteiger partial charge in [0.1, 0.15) is 17.2 Å². The second-order valence-corrected chi connectivity index (χ2v) is 6.02. The van der Waals surface area contributed by atoms with Gasteiger partial charge in [0.05, 0.1) is 19.3 Å². The number of nitrogens with zero attached hydrogens (tertiary/aromatic N) is 2. The molecule has 0 aliphatic carbocycles. The smallest absolute Gasteiger partial charge is 0.313 e. The Morgan fingerprint density at radius 2 is 2.04 bits per heavy atom. The van der Waals surface area contributed by atoms with Gasteiger partial charge in [-0.2, -0.15) is 5.10 Å². The zero-order chi connectivity index (χ0) is 19.4. The van der Waals surface area contributed by atoms with Crippen LogP contribution in [0.4, 0.5) is 5.69 Å². The van der Waals surface area contributed by atoms with Crippen molar-refractivity contribution in [1.29, 1.82) is 0 Å². The van der Waals surface area contributed by atoms with Crippen molar-refractivity contribution in [2.45, 2.75) is 6.54 Å². The summed E-state index contributed by atoms with van der Waals surface area (Å²) in [4.78, 5) is 24.1. The number of carbonyl (C=O) groups is 2. The lowest BCUT2D eigenvalue weighted by Crippen LogP contribution is -2.34. The predicted molar refractivity (Wildman–Crippen MR) is 99.4 cm³/mol. The zero-order valence-electron chi connectivity index (χ0n) is 14.7. The molecule has 27 heavy (non-hydrogen) atoms. The van der Waals surface area contributed by atoms with E-state index in [4.69, 9.17) is 20.8 Å². The molecule has 0 unspecified atom stereocenters. The second kappa shape index (κ2) is 7.96. The van der Waals surface area contributed by atoms with Gasteiger partial charge >= 0.3 is 11.8 Å². The van der Waals surface area contributed by atoms with Gasteiger partial charge in [-0.3, -0.25) is 14.3 Å². The van der Waals surface area contributed by atoms with E-state index in [9.17, 15) is 9.59 Å². The van der Waals surface area contributed by atoms with Crippen molar-refractivity contribution in [1.82, 2.24) is 15.1 Å². The molecule has 0 atom stereocenters. The van der Waals surface area contributed by atoms with Crippen molar-refractivity contribution in [2.24, 2.45) is 7.05 Å². The molecule has 0 saturated heterocycles. The number of methoxy groups -OCH3 is 1. The van der Waals surface area contributed by atoms with Crippen LogP contribution in [0, 0.1) is 0 Å². The number of benzene rings is 1. The number of anilines is 1. The first-order chi connectivity index (χ1) is 13.0. The van der Waals surface area contributed by atoms with E-state index in [1.54, 1.807) is 42.2 Å². The summed E-state index contributed by atoms with van der Waals surface area (Å²) in [7, 11) is 3.25. The SMILES string of the molecule is COc1ccc(Cl)cc1NC(=O)C(=O)NCc1ccc(-c2ccnn2C)o1. The van der Waals surface area contributed by atoms with Gasteiger partial charge in [0.15, 0.2) is 5.76 Å². The van der Waals surface area contributed by atoms with E-state index < -0.39 is 11.8 Å². The van der Waals surface area contributed by atoms with E-state index in [-0.39, 0.29) is 6.54 Å². The number of carbonyl (C=O) groups excluding carboxylic acids is 2. The van der Waals surface area contributed by atoms with Crippen molar-refractivity contribution in [3.05, 3.63) is 53.4 Å². The van der Waals surface area contributed by atoms with Gasteiger partial charge in [-0.1, -0.05) is 11.6 Å². The fourth-order valence-corrected chi connectivity index (χ4v) is 2.60. The van der Waals surface area contributed by atoms with Crippen LogP contribution in [-0.2, 0) is 23.2 Å². The number of amides is 2. The van der Waals surface area contributed by atoms with Crippen LogP contribution < -0.4 is 15.4 Å². The fourth-order valence-electron chi connectivity index (χ4n) is 2.43.